The maximum atomic E-state index is 11.8. The molecule has 1 aliphatic heterocycles. The van der Waals surface area contributed by atoms with E-state index in [1.807, 2.05) is 37.4 Å². The fraction of sp³-hybridized carbons (Fsp3) is 0.333. The zero-order chi connectivity index (χ0) is 22.2. The van der Waals surface area contributed by atoms with E-state index in [9.17, 15) is 4.79 Å². The highest BCUT2D eigenvalue weighted by molar-refractivity contribution is 6.33. The highest BCUT2D eigenvalue weighted by Gasteiger charge is 2.24. The average molecular weight is 446 g/mol. The molecular weight excluding hydrogens is 422 g/mol. The summed E-state index contributed by atoms with van der Waals surface area (Å²) in [6, 6.07) is 8.23. The van der Waals surface area contributed by atoms with Crippen LogP contribution in [0.4, 0.5) is 10.7 Å². The molecule has 9 nitrogen and oxygen atoms in total. The van der Waals surface area contributed by atoms with Crippen LogP contribution in [0, 0.1) is 0 Å². The van der Waals surface area contributed by atoms with Crippen molar-refractivity contribution < 1.29 is 19.4 Å². The highest BCUT2D eigenvalue weighted by Crippen LogP contribution is 2.32. The lowest BCUT2D eigenvalue weighted by molar-refractivity contribution is -0.122. The summed E-state index contributed by atoms with van der Waals surface area (Å²) < 4.78 is 5.06. The number of nitrogens with zero attached hydrogens (tertiary/aromatic N) is 3. The van der Waals surface area contributed by atoms with Gasteiger partial charge < -0.3 is 25.0 Å². The van der Waals surface area contributed by atoms with Gasteiger partial charge in [-0.1, -0.05) is 29.8 Å². The Balaban J connectivity index is 0.000000858. The molecule has 0 bridgehead atoms. The number of nitrogens with one attached hydrogen (secondary N) is 2. The lowest BCUT2D eigenvalue weighted by Gasteiger charge is -2.31. The molecule has 2 aromatic heterocycles. The normalized spacial score (nSPS) is 13.9. The molecule has 0 spiro atoms. The third-order valence-electron chi connectivity index (χ3n) is 4.94. The number of hydrogen-bond donors (Lipinski definition) is 3. The number of hydrogen-bond acceptors (Lipinski definition) is 6. The molecule has 0 saturated carbocycles. The molecule has 1 amide bonds. The first-order valence-corrected chi connectivity index (χ1v) is 10.3. The quantitative estimate of drug-likeness (QED) is 0.519. The van der Waals surface area contributed by atoms with Crippen molar-refractivity contribution in [3.05, 3.63) is 41.7 Å². The number of rotatable bonds is 4. The number of ether oxygens (including phenoxy) is 1. The largest absolute Gasteiger partial charge is 0.483 e. The van der Waals surface area contributed by atoms with E-state index in [2.05, 4.69) is 20.3 Å². The van der Waals surface area contributed by atoms with E-state index in [0.717, 1.165) is 29.3 Å². The van der Waals surface area contributed by atoms with Crippen LogP contribution in [0.15, 0.2) is 36.7 Å². The van der Waals surface area contributed by atoms with E-state index < -0.39 is 0 Å². The number of aromatic amines is 1. The van der Waals surface area contributed by atoms with Crippen molar-refractivity contribution in [2.75, 3.05) is 25.0 Å². The minimum absolute atomic E-state index is 0.197. The standard InChI is InChI=1S/C20H22ClN5O2.CH2O2/c1-2-28-20(27)26-9-7-13(8-10-26)24-19-23-12-16(21)18(25-19)15-11-22-17-6-4-3-5-14(15)17;2-1-3/h3-6,11-13,22H,2,7-10H2,1H3,(H,23,24,25);1H,(H,2,3). The van der Waals surface area contributed by atoms with Gasteiger partial charge in [-0.3, -0.25) is 4.79 Å². The number of piperidine rings is 1. The van der Waals surface area contributed by atoms with Crippen molar-refractivity contribution in [1.82, 2.24) is 19.9 Å². The minimum Gasteiger partial charge on any atom is -0.483 e. The maximum Gasteiger partial charge on any atom is 0.409 e. The molecule has 1 saturated heterocycles. The molecule has 1 aromatic carbocycles. The number of amides is 1. The first kappa shape index (κ1) is 22.4. The van der Waals surface area contributed by atoms with Crippen LogP contribution < -0.4 is 5.32 Å². The third-order valence-corrected chi connectivity index (χ3v) is 5.22. The number of para-hydroxylation sites is 1. The number of carboxylic acid groups (broad SMARTS) is 1. The first-order chi connectivity index (χ1) is 15.1. The van der Waals surface area contributed by atoms with Crippen LogP contribution in [0.5, 0.6) is 0 Å². The van der Waals surface area contributed by atoms with Crippen LogP contribution in [0.2, 0.25) is 5.02 Å². The fourth-order valence-corrected chi connectivity index (χ4v) is 3.69. The van der Waals surface area contributed by atoms with Crippen LogP contribution in [0.1, 0.15) is 19.8 Å². The Morgan fingerprint density at radius 2 is 2.10 bits per heavy atom. The van der Waals surface area contributed by atoms with E-state index in [1.165, 1.54) is 0 Å². The van der Waals surface area contributed by atoms with E-state index in [0.29, 0.717) is 36.4 Å². The Morgan fingerprint density at radius 1 is 1.39 bits per heavy atom. The van der Waals surface area contributed by atoms with Crippen molar-refractivity contribution in [2.45, 2.75) is 25.8 Å². The van der Waals surface area contributed by atoms with Crippen molar-refractivity contribution >= 4 is 41.0 Å². The Kier molecular flexibility index (Phi) is 7.66. The zero-order valence-electron chi connectivity index (χ0n) is 17.0. The molecule has 0 aliphatic carbocycles. The van der Waals surface area contributed by atoms with E-state index >= 15 is 0 Å². The molecule has 10 heteroatoms. The molecule has 164 valence electrons. The van der Waals surface area contributed by atoms with Gasteiger partial charge in [0.25, 0.3) is 6.47 Å². The van der Waals surface area contributed by atoms with Crippen LogP contribution in [0.25, 0.3) is 22.2 Å². The Hall–Kier alpha value is -3.33. The van der Waals surface area contributed by atoms with Gasteiger partial charge in [0, 0.05) is 41.8 Å². The van der Waals surface area contributed by atoms with Gasteiger partial charge in [-0.25, -0.2) is 14.8 Å². The Bertz CT molecular complexity index is 1030. The van der Waals surface area contributed by atoms with Crippen molar-refractivity contribution in [3.63, 3.8) is 0 Å². The van der Waals surface area contributed by atoms with Gasteiger partial charge in [0.15, 0.2) is 0 Å². The van der Waals surface area contributed by atoms with Gasteiger partial charge in [-0.2, -0.15) is 0 Å². The molecule has 1 fully saturated rings. The number of aromatic nitrogens is 3. The number of carbonyl (C=O) groups is 2. The topological polar surface area (TPSA) is 120 Å². The number of fused-ring (bicyclic) bond motifs is 1. The molecule has 4 rings (SSSR count). The molecule has 3 N–H and O–H groups in total. The number of anilines is 1. The summed E-state index contributed by atoms with van der Waals surface area (Å²) in [6.07, 6.45) is 4.92. The number of likely N-dealkylation sites (tertiary alicyclic amines) is 1. The third kappa shape index (κ3) is 5.43. The van der Waals surface area contributed by atoms with Gasteiger partial charge in [-0.05, 0) is 25.8 Å². The predicted molar refractivity (Wildman–Crippen MR) is 118 cm³/mol. The minimum atomic E-state index is -0.250. The molecule has 0 radical (unpaired) electrons. The number of H-pyrrole nitrogens is 1. The lowest BCUT2D eigenvalue weighted by atomic mass is 10.1. The molecule has 31 heavy (non-hydrogen) atoms. The van der Waals surface area contributed by atoms with Gasteiger partial charge in [0.1, 0.15) is 0 Å². The van der Waals surface area contributed by atoms with Crippen LogP contribution in [-0.2, 0) is 9.53 Å². The number of carbonyl (C=O) groups excluding carboxylic acids is 1. The summed E-state index contributed by atoms with van der Waals surface area (Å²) in [7, 11) is 0. The second kappa shape index (κ2) is 10.6. The van der Waals surface area contributed by atoms with Crippen LogP contribution >= 0.6 is 11.6 Å². The number of benzene rings is 1. The summed E-state index contributed by atoms with van der Waals surface area (Å²) in [5.74, 6) is 0.541. The van der Waals surface area contributed by atoms with E-state index in [1.54, 1.807) is 11.1 Å². The highest BCUT2D eigenvalue weighted by atomic mass is 35.5. The monoisotopic (exact) mass is 445 g/mol. The van der Waals surface area contributed by atoms with Gasteiger partial charge >= 0.3 is 6.09 Å². The second-order valence-corrected chi connectivity index (χ2v) is 7.26. The molecule has 0 atom stereocenters. The molecule has 3 heterocycles. The summed E-state index contributed by atoms with van der Waals surface area (Å²) in [4.78, 5) is 34.2. The summed E-state index contributed by atoms with van der Waals surface area (Å²) in [6.45, 7) is 3.26. The van der Waals surface area contributed by atoms with Crippen molar-refractivity contribution in [3.8, 4) is 11.3 Å². The first-order valence-electron chi connectivity index (χ1n) is 9.92. The Morgan fingerprint density at radius 3 is 2.81 bits per heavy atom. The Labute approximate surface area is 184 Å². The molecule has 1 aliphatic rings. The van der Waals surface area contributed by atoms with Gasteiger partial charge in [-0.15, -0.1) is 0 Å². The van der Waals surface area contributed by atoms with E-state index in [4.69, 9.17) is 26.2 Å². The summed E-state index contributed by atoms with van der Waals surface area (Å²) in [5.41, 5.74) is 2.68. The number of halogens is 1. The van der Waals surface area contributed by atoms with Crippen LogP contribution in [0.3, 0.4) is 0 Å². The average Bonchev–Trinajstić information content (AvgIpc) is 3.20. The van der Waals surface area contributed by atoms with Crippen molar-refractivity contribution in [1.29, 1.82) is 0 Å². The van der Waals surface area contributed by atoms with Gasteiger partial charge in [0.2, 0.25) is 5.95 Å². The lowest BCUT2D eigenvalue weighted by Crippen LogP contribution is -2.42. The SMILES string of the molecule is CCOC(=O)N1CCC(Nc2ncc(Cl)c(-c3c[nH]c4ccccc34)n2)CC1.O=CO. The molecule has 3 aromatic rings. The second-order valence-electron chi connectivity index (χ2n) is 6.85. The predicted octanol–water partition coefficient (Wildman–Crippen LogP) is 4.01. The van der Waals surface area contributed by atoms with E-state index in [-0.39, 0.29) is 18.6 Å². The van der Waals surface area contributed by atoms with Crippen LogP contribution in [-0.4, -0.2) is 63.3 Å². The molecule has 0 unspecified atom stereocenters. The summed E-state index contributed by atoms with van der Waals surface area (Å²) >= 11 is 6.39. The zero-order valence-corrected chi connectivity index (χ0v) is 17.8. The maximum absolute atomic E-state index is 11.8. The van der Waals surface area contributed by atoms with Gasteiger partial charge in [0.05, 0.1) is 23.5 Å². The van der Waals surface area contributed by atoms with Crippen molar-refractivity contribution in [2.24, 2.45) is 0 Å². The smallest absolute Gasteiger partial charge is 0.409 e. The fourth-order valence-electron chi connectivity index (χ4n) is 3.50. The summed E-state index contributed by atoms with van der Waals surface area (Å²) in [5, 5.41) is 11.8. The molecular formula is C21H24ClN5O4.